The summed E-state index contributed by atoms with van der Waals surface area (Å²) in [6, 6.07) is 0. The lowest BCUT2D eigenvalue weighted by Crippen LogP contribution is -2.33. The van der Waals surface area contributed by atoms with E-state index in [0.717, 1.165) is 12.8 Å². The molecule has 0 aliphatic carbocycles. The van der Waals surface area contributed by atoms with Gasteiger partial charge in [-0.3, -0.25) is 10.1 Å². The Morgan fingerprint density at radius 2 is 1.94 bits per heavy atom. The van der Waals surface area contributed by atoms with E-state index < -0.39 is 11.7 Å². The third kappa shape index (κ3) is 10.7. The Morgan fingerprint density at radius 1 is 1.31 bits per heavy atom. The summed E-state index contributed by atoms with van der Waals surface area (Å²) in [7, 11) is 0. The van der Waals surface area contributed by atoms with Gasteiger partial charge in [0.05, 0.1) is 0 Å². The van der Waals surface area contributed by atoms with Crippen molar-refractivity contribution in [3.05, 3.63) is 10.1 Å². The van der Waals surface area contributed by atoms with Crippen molar-refractivity contribution in [1.82, 2.24) is 5.32 Å². The lowest BCUT2D eigenvalue weighted by atomic mass is 10.2. The van der Waals surface area contributed by atoms with Gasteiger partial charge in [-0.05, 0) is 33.6 Å². The van der Waals surface area contributed by atoms with E-state index in [0.29, 0.717) is 13.0 Å². The number of amides is 1. The molecule has 0 aromatic heterocycles. The SMILES string of the molecule is CC(C)(C)OC(=O)NCCCCC[N+](=O)[O-]. The Kier molecular flexibility index (Phi) is 6.44. The molecule has 0 heterocycles. The Balaban J connectivity index is 3.38. The van der Waals surface area contributed by atoms with Crippen LogP contribution in [0.2, 0.25) is 0 Å². The van der Waals surface area contributed by atoms with Crippen molar-refractivity contribution in [1.29, 1.82) is 0 Å². The van der Waals surface area contributed by atoms with Crippen molar-refractivity contribution < 1.29 is 14.5 Å². The van der Waals surface area contributed by atoms with Crippen LogP contribution in [0.3, 0.4) is 0 Å². The van der Waals surface area contributed by atoms with E-state index in [2.05, 4.69) is 5.32 Å². The summed E-state index contributed by atoms with van der Waals surface area (Å²) in [6.45, 7) is 5.87. The summed E-state index contributed by atoms with van der Waals surface area (Å²) in [4.78, 5) is 20.8. The van der Waals surface area contributed by atoms with Gasteiger partial charge in [-0.15, -0.1) is 0 Å². The van der Waals surface area contributed by atoms with E-state index >= 15 is 0 Å². The van der Waals surface area contributed by atoms with Crippen LogP contribution >= 0.6 is 0 Å². The van der Waals surface area contributed by atoms with Gasteiger partial charge in [0, 0.05) is 17.9 Å². The van der Waals surface area contributed by atoms with E-state index in [1.807, 2.05) is 0 Å². The highest BCUT2D eigenvalue weighted by molar-refractivity contribution is 5.67. The van der Waals surface area contributed by atoms with Crippen LogP contribution in [-0.4, -0.2) is 29.7 Å². The van der Waals surface area contributed by atoms with Crippen LogP contribution in [0.5, 0.6) is 0 Å². The molecule has 0 aromatic rings. The van der Waals surface area contributed by atoms with Crippen LogP contribution in [0.15, 0.2) is 0 Å². The van der Waals surface area contributed by atoms with E-state index in [4.69, 9.17) is 4.74 Å². The van der Waals surface area contributed by atoms with Crippen molar-refractivity contribution in [2.24, 2.45) is 0 Å². The van der Waals surface area contributed by atoms with Crippen molar-refractivity contribution >= 4 is 6.09 Å². The second-order valence-electron chi connectivity index (χ2n) is 4.55. The molecule has 0 atom stereocenters. The van der Waals surface area contributed by atoms with Crippen LogP contribution < -0.4 is 5.32 Å². The molecule has 0 fully saturated rings. The average molecular weight is 232 g/mol. The fourth-order valence-corrected chi connectivity index (χ4v) is 1.05. The number of rotatable bonds is 6. The van der Waals surface area contributed by atoms with Gasteiger partial charge >= 0.3 is 6.09 Å². The van der Waals surface area contributed by atoms with Crippen molar-refractivity contribution in [3.63, 3.8) is 0 Å². The van der Waals surface area contributed by atoms with E-state index in [1.165, 1.54) is 0 Å². The smallest absolute Gasteiger partial charge is 0.407 e. The monoisotopic (exact) mass is 232 g/mol. The quantitative estimate of drug-likeness (QED) is 0.431. The van der Waals surface area contributed by atoms with Crippen LogP contribution in [0.4, 0.5) is 4.79 Å². The third-order valence-corrected chi connectivity index (χ3v) is 1.69. The largest absolute Gasteiger partial charge is 0.444 e. The highest BCUT2D eigenvalue weighted by Gasteiger charge is 2.15. The van der Waals surface area contributed by atoms with Gasteiger partial charge in [0.1, 0.15) is 5.60 Å². The fraction of sp³-hybridized carbons (Fsp3) is 0.900. The maximum atomic E-state index is 11.2. The number of unbranched alkanes of at least 4 members (excludes halogenated alkanes) is 2. The number of hydrogen-bond acceptors (Lipinski definition) is 4. The van der Waals surface area contributed by atoms with Crippen molar-refractivity contribution in [2.75, 3.05) is 13.1 Å². The van der Waals surface area contributed by atoms with Gasteiger partial charge in [-0.2, -0.15) is 0 Å². The summed E-state index contributed by atoms with van der Waals surface area (Å²) in [5.41, 5.74) is -0.490. The van der Waals surface area contributed by atoms with Crippen LogP contribution in [-0.2, 0) is 4.74 Å². The molecule has 0 aliphatic rings. The molecule has 1 amide bonds. The zero-order chi connectivity index (χ0) is 12.6. The summed E-state index contributed by atoms with van der Waals surface area (Å²) < 4.78 is 5.02. The molecule has 1 N–H and O–H groups in total. The Morgan fingerprint density at radius 3 is 2.44 bits per heavy atom. The maximum Gasteiger partial charge on any atom is 0.407 e. The Bertz CT molecular complexity index is 235. The molecule has 0 radical (unpaired) electrons. The number of nitrogens with one attached hydrogen (secondary N) is 1. The molecule has 0 saturated heterocycles. The second-order valence-corrected chi connectivity index (χ2v) is 4.55. The zero-order valence-electron chi connectivity index (χ0n) is 10.1. The van der Waals surface area contributed by atoms with Gasteiger partial charge in [0.15, 0.2) is 0 Å². The van der Waals surface area contributed by atoms with E-state index in [-0.39, 0.29) is 11.5 Å². The summed E-state index contributed by atoms with van der Waals surface area (Å²) >= 11 is 0. The maximum absolute atomic E-state index is 11.2. The van der Waals surface area contributed by atoms with Gasteiger partial charge < -0.3 is 10.1 Å². The highest BCUT2D eigenvalue weighted by atomic mass is 16.6. The first-order chi connectivity index (χ1) is 7.31. The third-order valence-electron chi connectivity index (χ3n) is 1.69. The molecule has 0 aliphatic heterocycles. The number of hydrogen-bond donors (Lipinski definition) is 1. The Hall–Kier alpha value is -1.33. The molecule has 6 heteroatoms. The molecule has 16 heavy (non-hydrogen) atoms. The molecular weight excluding hydrogens is 212 g/mol. The molecule has 0 unspecified atom stereocenters. The van der Waals surface area contributed by atoms with E-state index in [9.17, 15) is 14.9 Å². The first kappa shape index (κ1) is 14.7. The zero-order valence-corrected chi connectivity index (χ0v) is 10.1. The summed E-state index contributed by atoms with van der Waals surface area (Å²) in [5.74, 6) is 0. The molecule has 0 bridgehead atoms. The second kappa shape index (κ2) is 7.03. The molecule has 0 aromatic carbocycles. The van der Waals surface area contributed by atoms with Gasteiger partial charge in [0.2, 0.25) is 6.54 Å². The van der Waals surface area contributed by atoms with Gasteiger partial charge in [0.25, 0.3) is 0 Å². The minimum Gasteiger partial charge on any atom is -0.444 e. The van der Waals surface area contributed by atoms with Gasteiger partial charge in [-0.25, -0.2) is 4.79 Å². The summed E-state index contributed by atoms with van der Waals surface area (Å²) in [6.07, 6.45) is 1.56. The molecule has 0 spiro atoms. The summed E-state index contributed by atoms with van der Waals surface area (Å²) in [5, 5.41) is 12.6. The lowest BCUT2D eigenvalue weighted by molar-refractivity contribution is -0.480. The predicted octanol–water partition coefficient (Wildman–Crippen LogP) is 1.96. The number of ether oxygens (including phenoxy) is 1. The molecule has 0 rings (SSSR count). The fourth-order valence-electron chi connectivity index (χ4n) is 1.05. The van der Waals surface area contributed by atoms with Crippen molar-refractivity contribution in [2.45, 2.75) is 45.6 Å². The topological polar surface area (TPSA) is 81.5 Å². The van der Waals surface area contributed by atoms with Crippen molar-refractivity contribution in [3.8, 4) is 0 Å². The molecule has 6 nitrogen and oxygen atoms in total. The number of carbonyl (C=O) groups is 1. The standard InChI is InChI=1S/C10H20N2O4/c1-10(2,3)16-9(13)11-7-5-4-6-8-12(14)15/h4-8H2,1-3H3,(H,11,13). The van der Waals surface area contributed by atoms with Gasteiger partial charge in [-0.1, -0.05) is 0 Å². The minimum atomic E-state index is -0.490. The number of carbonyl (C=O) groups excluding carboxylic acids is 1. The normalized spacial score (nSPS) is 10.9. The minimum absolute atomic E-state index is 0.00750. The predicted molar refractivity (Wildman–Crippen MR) is 59.9 cm³/mol. The van der Waals surface area contributed by atoms with Crippen LogP contribution in [0, 0.1) is 10.1 Å². The van der Waals surface area contributed by atoms with E-state index in [1.54, 1.807) is 20.8 Å². The number of nitrogens with zero attached hydrogens (tertiary/aromatic N) is 1. The molecular formula is C10H20N2O4. The molecule has 0 saturated carbocycles. The lowest BCUT2D eigenvalue weighted by Gasteiger charge is -2.19. The highest BCUT2D eigenvalue weighted by Crippen LogP contribution is 2.06. The number of nitro groups is 1. The molecule has 94 valence electrons. The first-order valence-electron chi connectivity index (χ1n) is 5.40. The Labute approximate surface area is 95.5 Å². The van der Waals surface area contributed by atoms with Crippen LogP contribution in [0.25, 0.3) is 0 Å². The average Bonchev–Trinajstić information content (AvgIpc) is 2.07. The van der Waals surface area contributed by atoms with Crippen LogP contribution in [0.1, 0.15) is 40.0 Å². The first-order valence-corrected chi connectivity index (χ1v) is 5.40. The number of alkyl carbamates (subject to hydrolysis) is 1.